The number of carbonyl (C=O) groups is 1. The molecule has 0 saturated heterocycles. The number of para-hydroxylation sites is 1. The second-order valence-electron chi connectivity index (χ2n) is 5.77. The molecule has 2 aromatic heterocycles. The number of nitrogens with zero attached hydrogens (tertiary/aromatic N) is 5. The Hall–Kier alpha value is -3.61. The van der Waals surface area contributed by atoms with Crippen molar-refractivity contribution in [1.29, 1.82) is 0 Å². The van der Waals surface area contributed by atoms with Crippen LogP contribution in [0.1, 0.15) is 5.69 Å². The molecular weight excluding hydrogens is 328 g/mol. The number of fused-ring (bicyclic) bond motifs is 1. The largest absolute Gasteiger partial charge is 0.349 e. The molecule has 4 rings (SSSR count). The van der Waals surface area contributed by atoms with E-state index in [2.05, 4.69) is 25.6 Å². The van der Waals surface area contributed by atoms with Crippen LogP contribution in [0.3, 0.4) is 0 Å². The van der Waals surface area contributed by atoms with E-state index >= 15 is 0 Å². The van der Waals surface area contributed by atoms with Gasteiger partial charge in [-0.1, -0.05) is 47.7 Å². The minimum absolute atomic E-state index is 0.108. The Morgan fingerprint density at radius 1 is 1.00 bits per heavy atom. The highest BCUT2D eigenvalue weighted by Gasteiger charge is 2.09. The van der Waals surface area contributed by atoms with Gasteiger partial charge in [0.15, 0.2) is 0 Å². The van der Waals surface area contributed by atoms with E-state index in [1.807, 2.05) is 60.7 Å². The van der Waals surface area contributed by atoms with Crippen LogP contribution >= 0.6 is 0 Å². The summed E-state index contributed by atoms with van der Waals surface area (Å²) < 4.78 is 1.58. The normalized spacial score (nSPS) is 10.8. The Bertz CT molecular complexity index is 1040. The summed E-state index contributed by atoms with van der Waals surface area (Å²) in [5.74, 6) is -0.152. The second kappa shape index (κ2) is 7.10. The summed E-state index contributed by atoms with van der Waals surface area (Å²) in [6.07, 6.45) is 1.51. The molecule has 0 saturated carbocycles. The number of rotatable bonds is 5. The van der Waals surface area contributed by atoms with Gasteiger partial charge in [-0.3, -0.25) is 4.79 Å². The number of carbonyl (C=O) groups excluding carboxylic acids is 1. The molecule has 1 N–H and O–H groups in total. The first kappa shape index (κ1) is 15.9. The standard InChI is InChI=1S/C19H16N6O/c26-19(12-25-18-9-5-4-8-16(18)23-24-25)20-11-15-10-17(22-13-21-15)14-6-2-1-3-7-14/h1-10,13H,11-12H2,(H,20,26). The average Bonchev–Trinajstić information content (AvgIpc) is 3.10. The van der Waals surface area contributed by atoms with Crippen molar-refractivity contribution in [2.45, 2.75) is 13.1 Å². The molecule has 4 aromatic rings. The lowest BCUT2D eigenvalue weighted by molar-refractivity contribution is -0.122. The van der Waals surface area contributed by atoms with Gasteiger partial charge in [-0.25, -0.2) is 14.6 Å². The first-order chi connectivity index (χ1) is 12.8. The van der Waals surface area contributed by atoms with Crippen molar-refractivity contribution in [2.24, 2.45) is 0 Å². The lowest BCUT2D eigenvalue weighted by atomic mass is 10.1. The van der Waals surface area contributed by atoms with E-state index in [0.29, 0.717) is 6.54 Å². The van der Waals surface area contributed by atoms with Crippen molar-refractivity contribution < 1.29 is 4.79 Å². The molecule has 0 unspecified atom stereocenters. The van der Waals surface area contributed by atoms with E-state index in [1.54, 1.807) is 4.68 Å². The van der Waals surface area contributed by atoms with Crippen LogP contribution in [0, 0.1) is 0 Å². The molecular formula is C19H16N6O. The fourth-order valence-electron chi connectivity index (χ4n) is 2.68. The van der Waals surface area contributed by atoms with Gasteiger partial charge >= 0.3 is 0 Å². The summed E-state index contributed by atoms with van der Waals surface area (Å²) in [6, 6.07) is 19.3. The zero-order valence-corrected chi connectivity index (χ0v) is 13.9. The van der Waals surface area contributed by atoms with E-state index in [-0.39, 0.29) is 12.5 Å². The molecule has 0 aliphatic heterocycles. The smallest absolute Gasteiger partial charge is 0.242 e. The minimum atomic E-state index is -0.152. The van der Waals surface area contributed by atoms with E-state index in [4.69, 9.17) is 0 Å². The molecule has 0 spiro atoms. The van der Waals surface area contributed by atoms with E-state index in [1.165, 1.54) is 6.33 Å². The quantitative estimate of drug-likeness (QED) is 0.600. The van der Waals surface area contributed by atoms with Gasteiger partial charge in [0.1, 0.15) is 18.4 Å². The highest BCUT2D eigenvalue weighted by atomic mass is 16.2. The van der Waals surface area contributed by atoms with Crippen LogP contribution in [0.2, 0.25) is 0 Å². The van der Waals surface area contributed by atoms with Crippen LogP contribution in [0.5, 0.6) is 0 Å². The zero-order valence-electron chi connectivity index (χ0n) is 13.9. The first-order valence-corrected chi connectivity index (χ1v) is 8.21. The molecule has 26 heavy (non-hydrogen) atoms. The number of nitrogens with one attached hydrogen (secondary N) is 1. The van der Waals surface area contributed by atoms with Crippen LogP contribution < -0.4 is 5.32 Å². The van der Waals surface area contributed by atoms with Crippen LogP contribution in [-0.2, 0) is 17.9 Å². The molecule has 7 heteroatoms. The maximum absolute atomic E-state index is 12.2. The van der Waals surface area contributed by atoms with Crippen LogP contribution in [0.4, 0.5) is 0 Å². The fraction of sp³-hybridized carbons (Fsp3) is 0.105. The van der Waals surface area contributed by atoms with Crippen molar-refractivity contribution >= 4 is 16.9 Å². The fourth-order valence-corrected chi connectivity index (χ4v) is 2.68. The van der Waals surface area contributed by atoms with Gasteiger partial charge in [0.2, 0.25) is 5.91 Å². The molecule has 7 nitrogen and oxygen atoms in total. The Morgan fingerprint density at radius 2 is 1.81 bits per heavy atom. The van der Waals surface area contributed by atoms with E-state index in [0.717, 1.165) is 28.0 Å². The molecule has 0 atom stereocenters. The van der Waals surface area contributed by atoms with Gasteiger partial charge in [-0.15, -0.1) is 5.10 Å². The van der Waals surface area contributed by atoms with Crippen molar-refractivity contribution in [1.82, 2.24) is 30.3 Å². The highest BCUT2D eigenvalue weighted by molar-refractivity contribution is 5.79. The number of benzene rings is 2. The minimum Gasteiger partial charge on any atom is -0.349 e. The molecule has 0 radical (unpaired) electrons. The van der Waals surface area contributed by atoms with Crippen LogP contribution in [0.15, 0.2) is 67.0 Å². The summed E-state index contributed by atoms with van der Waals surface area (Å²) in [7, 11) is 0. The van der Waals surface area contributed by atoms with Gasteiger partial charge < -0.3 is 5.32 Å². The first-order valence-electron chi connectivity index (χ1n) is 8.21. The number of hydrogen-bond acceptors (Lipinski definition) is 5. The average molecular weight is 344 g/mol. The third-order valence-electron chi connectivity index (χ3n) is 3.97. The van der Waals surface area contributed by atoms with Crippen LogP contribution in [-0.4, -0.2) is 30.9 Å². The highest BCUT2D eigenvalue weighted by Crippen LogP contribution is 2.16. The molecule has 1 amide bonds. The van der Waals surface area contributed by atoms with Crippen molar-refractivity contribution in [2.75, 3.05) is 0 Å². The molecule has 0 aliphatic rings. The number of aromatic nitrogens is 5. The Labute approximate surface area is 149 Å². The van der Waals surface area contributed by atoms with Crippen LogP contribution in [0.25, 0.3) is 22.3 Å². The van der Waals surface area contributed by atoms with Gasteiger partial charge in [0.05, 0.1) is 23.4 Å². The summed E-state index contributed by atoms with van der Waals surface area (Å²) >= 11 is 0. The summed E-state index contributed by atoms with van der Waals surface area (Å²) in [5.41, 5.74) is 4.18. The van der Waals surface area contributed by atoms with Crippen molar-refractivity contribution in [3.8, 4) is 11.3 Å². The molecule has 0 bridgehead atoms. The molecule has 0 fully saturated rings. The van der Waals surface area contributed by atoms with E-state index in [9.17, 15) is 4.79 Å². The number of hydrogen-bond donors (Lipinski definition) is 1. The summed E-state index contributed by atoms with van der Waals surface area (Å²) in [4.78, 5) is 20.7. The third-order valence-corrected chi connectivity index (χ3v) is 3.97. The van der Waals surface area contributed by atoms with Gasteiger partial charge in [0, 0.05) is 5.56 Å². The Balaban J connectivity index is 1.42. The topological polar surface area (TPSA) is 85.6 Å². The molecule has 0 aliphatic carbocycles. The van der Waals surface area contributed by atoms with Gasteiger partial charge in [-0.2, -0.15) is 0 Å². The van der Waals surface area contributed by atoms with Crippen molar-refractivity contribution in [3.63, 3.8) is 0 Å². The maximum Gasteiger partial charge on any atom is 0.242 e. The molecule has 2 aromatic carbocycles. The van der Waals surface area contributed by atoms with Crippen molar-refractivity contribution in [3.05, 3.63) is 72.7 Å². The predicted octanol–water partition coefficient (Wildman–Crippen LogP) is 2.20. The predicted molar refractivity (Wildman–Crippen MR) is 96.8 cm³/mol. The third kappa shape index (κ3) is 3.41. The lowest BCUT2D eigenvalue weighted by Crippen LogP contribution is -2.28. The Morgan fingerprint density at radius 3 is 2.69 bits per heavy atom. The maximum atomic E-state index is 12.2. The van der Waals surface area contributed by atoms with E-state index < -0.39 is 0 Å². The SMILES string of the molecule is O=C(Cn1nnc2ccccc21)NCc1cc(-c2ccccc2)ncn1. The summed E-state index contributed by atoms with van der Waals surface area (Å²) in [5, 5.41) is 10.9. The number of amides is 1. The monoisotopic (exact) mass is 344 g/mol. The lowest BCUT2D eigenvalue weighted by Gasteiger charge is -2.07. The molecule has 2 heterocycles. The van der Waals surface area contributed by atoms with Gasteiger partial charge in [0.25, 0.3) is 0 Å². The summed E-state index contributed by atoms with van der Waals surface area (Å²) in [6.45, 7) is 0.435. The Kier molecular flexibility index (Phi) is 4.34. The van der Waals surface area contributed by atoms with Gasteiger partial charge in [-0.05, 0) is 18.2 Å². The zero-order chi connectivity index (χ0) is 17.8. The second-order valence-corrected chi connectivity index (χ2v) is 5.77. The molecule has 128 valence electrons.